The normalized spacial score (nSPS) is 22.5. The molecule has 1 aliphatic heterocycles. The van der Waals surface area contributed by atoms with Gasteiger partial charge in [0.15, 0.2) is 0 Å². The van der Waals surface area contributed by atoms with Crippen molar-refractivity contribution in [2.75, 3.05) is 26.2 Å². The molecule has 124 valence electrons. The average Bonchev–Trinajstić information content (AvgIpc) is 2.42. The van der Waals surface area contributed by atoms with Gasteiger partial charge in [0.25, 0.3) is 0 Å². The maximum Gasteiger partial charge on any atom is 0.238 e. The van der Waals surface area contributed by atoms with Crippen molar-refractivity contribution < 1.29 is 13.2 Å². The minimum absolute atomic E-state index is 0.0895. The molecule has 1 fully saturated rings. The summed E-state index contributed by atoms with van der Waals surface area (Å²) in [6, 6.07) is 6.39. The maximum absolute atomic E-state index is 11.2. The second kappa shape index (κ2) is 6.54. The smallest absolute Gasteiger partial charge is 0.238 e. The van der Waals surface area contributed by atoms with Crippen LogP contribution in [-0.2, 0) is 10.0 Å². The summed E-state index contributed by atoms with van der Waals surface area (Å²) in [4.78, 5) is 2.44. The number of hydrogen-bond acceptors (Lipinski definition) is 5. The maximum atomic E-state index is 11.2. The molecule has 0 saturated carbocycles. The highest BCUT2D eigenvalue weighted by molar-refractivity contribution is 7.89. The molecular formula is C15H25N3O3S. The van der Waals surface area contributed by atoms with Gasteiger partial charge in [-0.05, 0) is 42.6 Å². The zero-order valence-corrected chi connectivity index (χ0v) is 14.0. The van der Waals surface area contributed by atoms with Gasteiger partial charge in [-0.1, -0.05) is 13.8 Å². The number of rotatable bonds is 5. The summed E-state index contributed by atoms with van der Waals surface area (Å²) in [6.07, 6.45) is 0.996. The Kier molecular flexibility index (Phi) is 5.11. The van der Waals surface area contributed by atoms with Crippen LogP contribution in [0.25, 0.3) is 0 Å². The molecule has 1 saturated heterocycles. The lowest BCUT2D eigenvalue weighted by Gasteiger charge is -2.42. The summed E-state index contributed by atoms with van der Waals surface area (Å²) in [7, 11) is -3.65. The van der Waals surface area contributed by atoms with Gasteiger partial charge in [0.2, 0.25) is 10.0 Å². The minimum atomic E-state index is -3.65. The number of ether oxygens (including phenoxy) is 1. The van der Waals surface area contributed by atoms with Gasteiger partial charge in [-0.25, -0.2) is 13.6 Å². The van der Waals surface area contributed by atoms with Crippen LogP contribution in [0.4, 0.5) is 0 Å². The molecular weight excluding hydrogens is 302 g/mol. The Morgan fingerprint density at radius 3 is 2.50 bits per heavy atom. The standard InChI is InChI=1S/C15H25N3O3S/c1-15(2)11-18(8-7-14(15)16)9-10-21-12-3-5-13(6-4-12)22(17,19)20/h3-6,14H,7-11,16H2,1-2H3,(H2,17,19,20). The fraction of sp³-hybridized carbons (Fsp3) is 0.600. The van der Waals surface area contributed by atoms with E-state index in [2.05, 4.69) is 18.7 Å². The van der Waals surface area contributed by atoms with Crippen LogP contribution in [0, 0.1) is 5.41 Å². The summed E-state index contributed by atoms with van der Waals surface area (Å²) in [6.45, 7) is 7.71. The van der Waals surface area contributed by atoms with Gasteiger partial charge in [-0.2, -0.15) is 0 Å². The molecule has 0 aliphatic carbocycles. The molecule has 1 aromatic carbocycles. The lowest BCUT2D eigenvalue weighted by molar-refractivity contribution is 0.0831. The van der Waals surface area contributed by atoms with Crippen LogP contribution in [0.5, 0.6) is 5.75 Å². The van der Waals surface area contributed by atoms with Crippen LogP contribution in [0.3, 0.4) is 0 Å². The molecule has 2 rings (SSSR count). The molecule has 6 nitrogen and oxygen atoms in total. The highest BCUT2D eigenvalue weighted by atomic mass is 32.2. The first kappa shape index (κ1) is 17.2. The number of benzene rings is 1. The molecule has 1 atom stereocenters. The van der Waals surface area contributed by atoms with Crippen molar-refractivity contribution in [3.8, 4) is 5.75 Å². The zero-order chi connectivity index (χ0) is 16.4. The highest BCUT2D eigenvalue weighted by Gasteiger charge is 2.33. The molecule has 1 aliphatic rings. The van der Waals surface area contributed by atoms with Crippen LogP contribution in [0.2, 0.25) is 0 Å². The second-order valence-electron chi connectivity index (χ2n) is 6.52. The van der Waals surface area contributed by atoms with Gasteiger partial charge in [0.1, 0.15) is 12.4 Å². The molecule has 22 heavy (non-hydrogen) atoms. The Morgan fingerprint density at radius 1 is 1.32 bits per heavy atom. The third-order valence-electron chi connectivity index (χ3n) is 4.22. The minimum Gasteiger partial charge on any atom is -0.492 e. The van der Waals surface area contributed by atoms with E-state index in [0.29, 0.717) is 12.4 Å². The molecule has 1 unspecified atom stereocenters. The van der Waals surface area contributed by atoms with E-state index in [9.17, 15) is 8.42 Å². The number of sulfonamides is 1. The third kappa shape index (κ3) is 4.42. The molecule has 1 aromatic rings. The van der Waals surface area contributed by atoms with Crippen molar-refractivity contribution in [3.63, 3.8) is 0 Å². The van der Waals surface area contributed by atoms with Crippen molar-refractivity contribution in [2.45, 2.75) is 31.2 Å². The molecule has 0 aromatic heterocycles. The van der Waals surface area contributed by atoms with Crippen molar-refractivity contribution in [3.05, 3.63) is 24.3 Å². The van der Waals surface area contributed by atoms with E-state index in [0.717, 1.165) is 26.1 Å². The number of hydrogen-bond donors (Lipinski definition) is 2. The summed E-state index contributed by atoms with van der Waals surface area (Å²) >= 11 is 0. The summed E-state index contributed by atoms with van der Waals surface area (Å²) in [5.74, 6) is 0.639. The van der Waals surface area contributed by atoms with Crippen LogP contribution >= 0.6 is 0 Å². The second-order valence-corrected chi connectivity index (χ2v) is 8.09. The van der Waals surface area contributed by atoms with Crippen LogP contribution < -0.4 is 15.6 Å². The van der Waals surface area contributed by atoms with E-state index in [1.807, 2.05) is 0 Å². The lowest BCUT2D eigenvalue weighted by Crippen LogP contribution is -2.53. The fourth-order valence-electron chi connectivity index (χ4n) is 2.69. The summed E-state index contributed by atoms with van der Waals surface area (Å²) < 4.78 is 28.0. The lowest BCUT2D eigenvalue weighted by atomic mass is 9.80. The molecule has 4 N–H and O–H groups in total. The Balaban J connectivity index is 1.82. The van der Waals surface area contributed by atoms with Gasteiger partial charge in [-0.15, -0.1) is 0 Å². The predicted molar refractivity (Wildman–Crippen MR) is 86.1 cm³/mol. The van der Waals surface area contributed by atoms with E-state index in [1.165, 1.54) is 12.1 Å². The fourth-order valence-corrected chi connectivity index (χ4v) is 3.21. The van der Waals surface area contributed by atoms with E-state index < -0.39 is 10.0 Å². The number of piperidine rings is 1. The first-order chi connectivity index (χ1) is 10.2. The Hall–Kier alpha value is -1.15. The number of nitrogens with two attached hydrogens (primary N) is 2. The van der Waals surface area contributed by atoms with Crippen molar-refractivity contribution in [2.24, 2.45) is 16.3 Å². The molecule has 7 heteroatoms. The van der Waals surface area contributed by atoms with Crippen LogP contribution in [-0.4, -0.2) is 45.6 Å². The first-order valence-electron chi connectivity index (χ1n) is 7.42. The molecule has 0 radical (unpaired) electrons. The van der Waals surface area contributed by atoms with Crippen molar-refractivity contribution >= 4 is 10.0 Å². The monoisotopic (exact) mass is 327 g/mol. The number of likely N-dealkylation sites (tertiary alicyclic amines) is 1. The quantitative estimate of drug-likeness (QED) is 0.832. The zero-order valence-electron chi connectivity index (χ0n) is 13.2. The van der Waals surface area contributed by atoms with E-state index in [1.54, 1.807) is 12.1 Å². The largest absolute Gasteiger partial charge is 0.492 e. The van der Waals surface area contributed by atoms with Gasteiger partial charge < -0.3 is 10.5 Å². The van der Waals surface area contributed by atoms with E-state index in [4.69, 9.17) is 15.6 Å². The number of primary sulfonamides is 1. The van der Waals surface area contributed by atoms with E-state index >= 15 is 0 Å². The molecule has 0 spiro atoms. The Morgan fingerprint density at radius 2 is 1.95 bits per heavy atom. The SMILES string of the molecule is CC1(C)CN(CCOc2ccc(S(N)(=O)=O)cc2)CCC1N. The van der Waals surface area contributed by atoms with Crippen molar-refractivity contribution in [1.82, 2.24) is 4.90 Å². The predicted octanol–water partition coefficient (Wildman–Crippen LogP) is 0.772. The van der Waals surface area contributed by atoms with Gasteiger partial charge in [0.05, 0.1) is 4.90 Å². The molecule has 0 bridgehead atoms. The van der Waals surface area contributed by atoms with E-state index in [-0.39, 0.29) is 16.4 Å². The van der Waals surface area contributed by atoms with Gasteiger partial charge in [0, 0.05) is 19.1 Å². The average molecular weight is 327 g/mol. The third-order valence-corrected chi connectivity index (χ3v) is 5.15. The Labute approximate surface area is 132 Å². The Bertz CT molecular complexity index is 599. The van der Waals surface area contributed by atoms with Crippen LogP contribution in [0.15, 0.2) is 29.2 Å². The topological polar surface area (TPSA) is 98.6 Å². The summed E-state index contributed by atoms with van der Waals surface area (Å²) in [5, 5.41) is 5.06. The van der Waals surface area contributed by atoms with Gasteiger partial charge in [-0.3, -0.25) is 4.90 Å². The highest BCUT2D eigenvalue weighted by Crippen LogP contribution is 2.27. The first-order valence-corrected chi connectivity index (χ1v) is 8.97. The number of nitrogens with zero attached hydrogens (tertiary/aromatic N) is 1. The van der Waals surface area contributed by atoms with Crippen LogP contribution in [0.1, 0.15) is 20.3 Å². The summed E-state index contributed by atoms with van der Waals surface area (Å²) in [5.41, 5.74) is 6.25. The molecule has 0 amide bonds. The van der Waals surface area contributed by atoms with Crippen molar-refractivity contribution in [1.29, 1.82) is 0 Å². The molecule has 1 heterocycles. The van der Waals surface area contributed by atoms with Gasteiger partial charge >= 0.3 is 0 Å².